The van der Waals surface area contributed by atoms with Gasteiger partial charge >= 0.3 is 6.03 Å². The minimum Gasteiger partial charge on any atom is -0.496 e. The number of aromatic nitrogens is 3. The molecule has 0 unspecified atom stereocenters. The fraction of sp³-hybridized carbons (Fsp3) is 0.222. The monoisotopic (exact) mass is 532 g/mol. The van der Waals surface area contributed by atoms with E-state index in [-0.39, 0.29) is 31.4 Å². The highest BCUT2D eigenvalue weighted by atomic mass is 35.5. The predicted molar refractivity (Wildman–Crippen MR) is 144 cm³/mol. The summed E-state index contributed by atoms with van der Waals surface area (Å²) in [7, 11) is 1.56. The number of carbonyl (C=O) groups excluding carboxylic acids is 2. The Labute approximate surface area is 223 Å². The van der Waals surface area contributed by atoms with Crippen molar-refractivity contribution in [2.24, 2.45) is 0 Å². The van der Waals surface area contributed by atoms with Crippen LogP contribution in [-0.4, -0.2) is 69.6 Å². The van der Waals surface area contributed by atoms with E-state index in [1.807, 2.05) is 24.3 Å². The molecule has 10 nitrogen and oxygen atoms in total. The SMILES string of the molecule is COc1ccccc1Cn1c(=O)c(C(=O)N2CCN(C(=O)Nc3ccc(Cl)cc3)CC2)nc2cccnc21. The number of rotatable bonds is 5. The third-order valence-electron chi connectivity index (χ3n) is 6.37. The van der Waals surface area contributed by atoms with Gasteiger partial charge in [0.2, 0.25) is 0 Å². The number of piperazine rings is 1. The van der Waals surface area contributed by atoms with Crippen molar-refractivity contribution in [3.05, 3.63) is 93.5 Å². The van der Waals surface area contributed by atoms with Crippen LogP contribution in [0.1, 0.15) is 16.1 Å². The molecule has 38 heavy (non-hydrogen) atoms. The average molecular weight is 533 g/mol. The molecule has 0 aliphatic carbocycles. The van der Waals surface area contributed by atoms with E-state index in [0.29, 0.717) is 40.7 Å². The van der Waals surface area contributed by atoms with Crippen LogP contribution in [0.5, 0.6) is 5.75 Å². The molecule has 1 aliphatic rings. The first-order chi connectivity index (χ1) is 18.4. The zero-order valence-corrected chi connectivity index (χ0v) is 21.4. The van der Waals surface area contributed by atoms with E-state index in [4.69, 9.17) is 16.3 Å². The minimum absolute atomic E-state index is 0.164. The molecule has 1 aliphatic heterocycles. The second-order valence-electron chi connectivity index (χ2n) is 8.73. The van der Waals surface area contributed by atoms with Crippen LogP contribution < -0.4 is 15.6 Å². The highest BCUT2D eigenvalue weighted by Gasteiger charge is 2.28. The van der Waals surface area contributed by atoms with Crippen LogP contribution in [0.3, 0.4) is 0 Å². The summed E-state index contributed by atoms with van der Waals surface area (Å²) in [5.41, 5.74) is 1.50. The Morgan fingerprint density at radius 3 is 2.42 bits per heavy atom. The highest BCUT2D eigenvalue weighted by molar-refractivity contribution is 6.30. The van der Waals surface area contributed by atoms with Crippen molar-refractivity contribution in [1.29, 1.82) is 0 Å². The predicted octanol–water partition coefficient (Wildman–Crippen LogP) is 3.49. The molecule has 0 atom stereocenters. The van der Waals surface area contributed by atoms with Crippen LogP contribution in [-0.2, 0) is 6.54 Å². The molecule has 1 N–H and O–H groups in total. The number of amides is 3. The third-order valence-corrected chi connectivity index (χ3v) is 6.63. The summed E-state index contributed by atoms with van der Waals surface area (Å²) in [5, 5.41) is 3.40. The van der Waals surface area contributed by atoms with Gasteiger partial charge in [-0.1, -0.05) is 29.8 Å². The number of fused-ring (bicyclic) bond motifs is 1. The molecule has 1 fully saturated rings. The zero-order valence-electron chi connectivity index (χ0n) is 20.6. The van der Waals surface area contributed by atoms with Crippen molar-refractivity contribution in [1.82, 2.24) is 24.3 Å². The van der Waals surface area contributed by atoms with E-state index in [1.54, 1.807) is 59.5 Å². The van der Waals surface area contributed by atoms with Crippen molar-refractivity contribution >= 4 is 40.4 Å². The molecule has 194 valence electrons. The second-order valence-corrected chi connectivity index (χ2v) is 9.16. The fourth-order valence-electron chi connectivity index (χ4n) is 4.36. The Morgan fingerprint density at radius 1 is 0.974 bits per heavy atom. The molecule has 0 bridgehead atoms. The van der Waals surface area contributed by atoms with Gasteiger partial charge in [0.05, 0.1) is 13.7 Å². The maximum absolute atomic E-state index is 13.6. The Balaban J connectivity index is 1.36. The van der Waals surface area contributed by atoms with Gasteiger partial charge in [0.1, 0.15) is 11.3 Å². The number of anilines is 1. The van der Waals surface area contributed by atoms with Crippen molar-refractivity contribution in [2.45, 2.75) is 6.54 Å². The highest BCUT2D eigenvalue weighted by Crippen LogP contribution is 2.20. The molecule has 1 saturated heterocycles. The smallest absolute Gasteiger partial charge is 0.321 e. The van der Waals surface area contributed by atoms with Gasteiger partial charge in [-0.3, -0.25) is 14.2 Å². The third kappa shape index (κ3) is 5.16. The van der Waals surface area contributed by atoms with Gasteiger partial charge < -0.3 is 19.9 Å². The number of ether oxygens (including phenoxy) is 1. The van der Waals surface area contributed by atoms with E-state index >= 15 is 0 Å². The van der Waals surface area contributed by atoms with Gasteiger partial charge in [-0.05, 0) is 42.5 Å². The number of para-hydroxylation sites is 1. The Morgan fingerprint density at radius 2 is 1.68 bits per heavy atom. The summed E-state index contributed by atoms with van der Waals surface area (Å²) in [6, 6.07) is 17.4. The van der Waals surface area contributed by atoms with Gasteiger partial charge in [0.15, 0.2) is 11.3 Å². The number of nitrogens with zero attached hydrogens (tertiary/aromatic N) is 5. The van der Waals surface area contributed by atoms with Gasteiger partial charge in [-0.2, -0.15) is 0 Å². The molecule has 11 heteroatoms. The molecule has 2 aromatic carbocycles. The Bertz CT molecular complexity index is 1550. The van der Waals surface area contributed by atoms with Gasteiger partial charge in [0.25, 0.3) is 11.5 Å². The molecule has 2 aromatic heterocycles. The number of carbonyl (C=O) groups is 2. The van der Waals surface area contributed by atoms with Gasteiger partial charge in [-0.15, -0.1) is 0 Å². The summed E-state index contributed by atoms with van der Waals surface area (Å²) in [6.45, 7) is 1.33. The fourth-order valence-corrected chi connectivity index (χ4v) is 4.49. The van der Waals surface area contributed by atoms with Crippen molar-refractivity contribution in [3.63, 3.8) is 0 Å². The first-order valence-corrected chi connectivity index (χ1v) is 12.4. The molecule has 0 radical (unpaired) electrons. The molecule has 5 rings (SSSR count). The Hall–Kier alpha value is -4.44. The molecule has 0 spiro atoms. The first kappa shape index (κ1) is 25.2. The summed E-state index contributed by atoms with van der Waals surface area (Å²) in [6.07, 6.45) is 1.58. The van der Waals surface area contributed by atoms with E-state index in [2.05, 4.69) is 15.3 Å². The van der Waals surface area contributed by atoms with E-state index in [1.165, 1.54) is 4.57 Å². The molecular weight excluding hydrogens is 508 g/mol. The lowest BCUT2D eigenvalue weighted by Crippen LogP contribution is -2.52. The number of hydrogen-bond acceptors (Lipinski definition) is 6. The minimum atomic E-state index is -0.532. The van der Waals surface area contributed by atoms with Crippen molar-refractivity contribution in [3.8, 4) is 5.75 Å². The van der Waals surface area contributed by atoms with Gasteiger partial charge in [0, 0.05) is 48.6 Å². The van der Waals surface area contributed by atoms with Crippen LogP contribution in [0.25, 0.3) is 11.2 Å². The quantitative estimate of drug-likeness (QED) is 0.421. The largest absolute Gasteiger partial charge is 0.496 e. The summed E-state index contributed by atoms with van der Waals surface area (Å²) >= 11 is 5.90. The van der Waals surface area contributed by atoms with E-state index in [9.17, 15) is 14.4 Å². The summed E-state index contributed by atoms with van der Waals surface area (Å²) in [4.78, 5) is 51.6. The lowest BCUT2D eigenvalue weighted by Gasteiger charge is -2.34. The number of hydrogen-bond donors (Lipinski definition) is 1. The number of halogens is 1. The van der Waals surface area contributed by atoms with E-state index < -0.39 is 11.5 Å². The average Bonchev–Trinajstić information content (AvgIpc) is 2.95. The molecule has 0 saturated carbocycles. The molecule has 3 heterocycles. The van der Waals surface area contributed by atoms with Crippen molar-refractivity contribution < 1.29 is 14.3 Å². The number of pyridine rings is 1. The van der Waals surface area contributed by atoms with Crippen LogP contribution in [0.4, 0.5) is 10.5 Å². The number of methoxy groups -OCH3 is 1. The van der Waals surface area contributed by atoms with Crippen LogP contribution in [0, 0.1) is 0 Å². The normalized spacial score (nSPS) is 13.4. The molecular formula is C27H25ClN6O4. The van der Waals surface area contributed by atoms with Crippen molar-refractivity contribution in [2.75, 3.05) is 38.6 Å². The van der Waals surface area contributed by atoms with E-state index in [0.717, 1.165) is 5.56 Å². The lowest BCUT2D eigenvalue weighted by molar-refractivity contribution is 0.0663. The van der Waals surface area contributed by atoms with Crippen LogP contribution in [0.2, 0.25) is 5.02 Å². The van der Waals surface area contributed by atoms with Crippen LogP contribution in [0.15, 0.2) is 71.7 Å². The topological polar surface area (TPSA) is 110 Å². The maximum atomic E-state index is 13.6. The van der Waals surface area contributed by atoms with Crippen LogP contribution >= 0.6 is 11.6 Å². The Kier molecular flexibility index (Phi) is 7.23. The number of nitrogens with one attached hydrogen (secondary N) is 1. The second kappa shape index (κ2) is 10.9. The standard InChI is InChI=1S/C27H25ClN6O4/c1-38-22-7-3-2-5-18(22)17-34-24-21(6-4-12-29-24)31-23(26(34)36)25(35)32-13-15-33(16-14-32)27(37)30-20-10-8-19(28)9-11-20/h2-12H,13-17H2,1H3,(H,30,37). The maximum Gasteiger partial charge on any atom is 0.321 e. The summed E-state index contributed by atoms with van der Waals surface area (Å²) in [5.74, 6) is 0.147. The number of benzene rings is 2. The summed E-state index contributed by atoms with van der Waals surface area (Å²) < 4.78 is 6.89. The number of urea groups is 1. The first-order valence-electron chi connectivity index (χ1n) is 12.0. The molecule has 4 aromatic rings. The molecule has 3 amide bonds. The van der Waals surface area contributed by atoms with Gasteiger partial charge in [-0.25, -0.2) is 14.8 Å². The zero-order chi connectivity index (χ0) is 26.6. The lowest BCUT2D eigenvalue weighted by atomic mass is 10.2.